The number of hydrogen-bond acceptors (Lipinski definition) is 4. The van der Waals surface area contributed by atoms with E-state index in [2.05, 4.69) is 40.7 Å². The number of rotatable bonds is 3. The first-order valence-electron chi connectivity index (χ1n) is 10.1. The van der Waals surface area contributed by atoms with E-state index in [4.69, 9.17) is 21.3 Å². The molecule has 1 aliphatic heterocycles. The van der Waals surface area contributed by atoms with Gasteiger partial charge in [0.2, 0.25) is 0 Å². The molecule has 0 aliphatic carbocycles. The van der Waals surface area contributed by atoms with Gasteiger partial charge in [-0.25, -0.2) is 9.97 Å². The summed E-state index contributed by atoms with van der Waals surface area (Å²) in [6, 6.07) is 18.1. The van der Waals surface area contributed by atoms with E-state index < -0.39 is 0 Å². The molecule has 31 heavy (non-hydrogen) atoms. The molecule has 0 atom stereocenters. The van der Waals surface area contributed by atoms with Crippen molar-refractivity contribution < 1.29 is 4.74 Å². The van der Waals surface area contributed by atoms with Crippen molar-refractivity contribution in [3.8, 4) is 11.8 Å². The Kier molecular flexibility index (Phi) is 4.93. The van der Waals surface area contributed by atoms with Gasteiger partial charge in [-0.05, 0) is 34.9 Å². The van der Waals surface area contributed by atoms with Gasteiger partial charge in [-0.15, -0.1) is 0 Å². The number of hydrogen-bond donors (Lipinski definition) is 0. The third kappa shape index (κ3) is 3.35. The van der Waals surface area contributed by atoms with Crippen LogP contribution in [0.4, 0.5) is 0 Å². The number of nitriles is 1. The molecule has 0 saturated carbocycles. The number of halogens is 1. The zero-order chi connectivity index (χ0) is 21.4. The number of fused-ring (bicyclic) bond motifs is 3. The zero-order valence-electron chi connectivity index (χ0n) is 17.0. The summed E-state index contributed by atoms with van der Waals surface area (Å²) in [5, 5.41) is 9.98. The van der Waals surface area contributed by atoms with Gasteiger partial charge in [0.15, 0.2) is 5.65 Å². The molecule has 0 bridgehead atoms. The monoisotopic (exact) mass is 426 g/mol. The Balaban J connectivity index is 1.58. The minimum Gasteiger partial charge on any atom is -0.488 e. The van der Waals surface area contributed by atoms with Crippen LogP contribution < -0.4 is 4.74 Å². The minimum atomic E-state index is 0.443. The van der Waals surface area contributed by atoms with Gasteiger partial charge in [0.25, 0.3) is 0 Å². The molecule has 0 amide bonds. The van der Waals surface area contributed by atoms with Crippen LogP contribution in [0.2, 0.25) is 5.02 Å². The SMILES string of the molecule is CCc1nc2c(Cl)ccnc2n1Cc1ccc2c(c1)COc1ccccc1C2=CC#N. The fourth-order valence-corrected chi connectivity index (χ4v) is 4.30. The molecule has 2 aromatic heterocycles. The summed E-state index contributed by atoms with van der Waals surface area (Å²) in [5.74, 6) is 1.73. The van der Waals surface area contributed by atoms with Crippen molar-refractivity contribution >= 4 is 28.3 Å². The molecule has 0 N–H and O–H groups in total. The van der Waals surface area contributed by atoms with E-state index in [0.717, 1.165) is 57.0 Å². The van der Waals surface area contributed by atoms with Crippen LogP contribution in [0.15, 0.2) is 60.8 Å². The molecular formula is C25H19ClN4O. The highest BCUT2D eigenvalue weighted by Gasteiger charge is 2.20. The van der Waals surface area contributed by atoms with Crippen molar-refractivity contribution in [1.82, 2.24) is 14.5 Å². The molecule has 3 heterocycles. The summed E-state index contributed by atoms with van der Waals surface area (Å²) in [6.07, 6.45) is 4.09. The van der Waals surface area contributed by atoms with Gasteiger partial charge in [-0.1, -0.05) is 48.9 Å². The van der Waals surface area contributed by atoms with Crippen LogP contribution in [0.1, 0.15) is 35.0 Å². The Labute approximate surface area is 185 Å². The van der Waals surface area contributed by atoms with Crippen molar-refractivity contribution in [3.05, 3.63) is 93.9 Å². The molecule has 0 fully saturated rings. The summed E-state index contributed by atoms with van der Waals surface area (Å²) in [7, 11) is 0. The van der Waals surface area contributed by atoms with Gasteiger partial charge < -0.3 is 9.30 Å². The topological polar surface area (TPSA) is 63.7 Å². The number of aromatic nitrogens is 3. The molecule has 5 nitrogen and oxygen atoms in total. The number of pyridine rings is 1. The van der Waals surface area contributed by atoms with Crippen LogP contribution in [0, 0.1) is 11.3 Å². The molecule has 0 saturated heterocycles. The lowest BCUT2D eigenvalue weighted by Crippen LogP contribution is -2.06. The standard InChI is InChI=1S/C25H19ClN4O/c1-2-23-29-24-21(26)10-12-28-25(24)30(23)14-16-7-8-18-17(13-16)15-31-22-6-4-3-5-20(22)19(18)9-11-27/h3-10,12-13H,2,14-15H2,1H3. The van der Waals surface area contributed by atoms with Crippen LogP contribution in [-0.2, 0) is 19.6 Å². The van der Waals surface area contributed by atoms with Crippen LogP contribution in [0.25, 0.3) is 16.7 Å². The molecule has 5 rings (SSSR count). The fraction of sp³-hybridized carbons (Fsp3) is 0.160. The Morgan fingerprint density at radius 1 is 1.19 bits per heavy atom. The van der Waals surface area contributed by atoms with Gasteiger partial charge in [0, 0.05) is 29.8 Å². The molecule has 0 spiro atoms. The Bertz CT molecular complexity index is 1380. The lowest BCUT2D eigenvalue weighted by Gasteiger charge is -2.12. The van der Waals surface area contributed by atoms with E-state index in [1.54, 1.807) is 18.3 Å². The molecule has 152 valence electrons. The van der Waals surface area contributed by atoms with Gasteiger partial charge in [0.05, 0.1) is 17.6 Å². The van der Waals surface area contributed by atoms with Gasteiger partial charge in [-0.3, -0.25) is 0 Å². The van der Waals surface area contributed by atoms with Gasteiger partial charge >= 0.3 is 0 Å². The third-order valence-corrected chi connectivity index (χ3v) is 5.85. The van der Waals surface area contributed by atoms with E-state index in [9.17, 15) is 5.26 Å². The van der Waals surface area contributed by atoms with Gasteiger partial charge in [-0.2, -0.15) is 5.26 Å². The average molecular weight is 427 g/mol. The lowest BCUT2D eigenvalue weighted by molar-refractivity contribution is 0.307. The summed E-state index contributed by atoms with van der Waals surface area (Å²) in [4.78, 5) is 9.21. The van der Waals surface area contributed by atoms with E-state index >= 15 is 0 Å². The number of benzene rings is 2. The molecule has 1 aliphatic rings. The first kappa shape index (κ1) is 19.3. The van der Waals surface area contributed by atoms with Crippen molar-refractivity contribution in [1.29, 1.82) is 5.26 Å². The molecule has 4 aromatic rings. The number of allylic oxidation sites excluding steroid dienone is 1. The largest absolute Gasteiger partial charge is 0.488 e. The second-order valence-electron chi connectivity index (χ2n) is 7.40. The van der Waals surface area contributed by atoms with Crippen LogP contribution in [0.5, 0.6) is 5.75 Å². The Morgan fingerprint density at radius 3 is 2.90 bits per heavy atom. The van der Waals surface area contributed by atoms with Crippen molar-refractivity contribution in [3.63, 3.8) is 0 Å². The summed E-state index contributed by atoms with van der Waals surface area (Å²) < 4.78 is 8.19. The number of nitrogens with zero attached hydrogens (tertiary/aromatic N) is 4. The first-order valence-corrected chi connectivity index (χ1v) is 10.5. The highest BCUT2D eigenvalue weighted by Crippen LogP contribution is 2.37. The lowest BCUT2D eigenvalue weighted by atomic mass is 9.93. The van der Waals surface area contributed by atoms with Crippen LogP contribution >= 0.6 is 11.6 Å². The summed E-state index contributed by atoms with van der Waals surface area (Å²) in [5.41, 5.74) is 6.50. The highest BCUT2D eigenvalue weighted by atomic mass is 35.5. The molecule has 0 radical (unpaired) electrons. The third-order valence-electron chi connectivity index (χ3n) is 5.55. The van der Waals surface area contributed by atoms with Crippen LogP contribution in [0.3, 0.4) is 0 Å². The predicted molar refractivity (Wildman–Crippen MR) is 121 cm³/mol. The molecule has 6 heteroatoms. The number of aryl methyl sites for hydroxylation is 1. The number of para-hydroxylation sites is 1. The van der Waals surface area contributed by atoms with E-state index in [1.165, 1.54) is 0 Å². The first-order chi connectivity index (χ1) is 15.2. The van der Waals surface area contributed by atoms with E-state index in [-0.39, 0.29) is 0 Å². The normalized spacial score (nSPS) is 13.9. The summed E-state index contributed by atoms with van der Waals surface area (Å²) >= 11 is 6.34. The highest BCUT2D eigenvalue weighted by molar-refractivity contribution is 6.34. The minimum absolute atomic E-state index is 0.443. The maximum atomic E-state index is 9.37. The number of ether oxygens (including phenoxy) is 1. The maximum Gasteiger partial charge on any atom is 0.161 e. The Morgan fingerprint density at radius 2 is 2.06 bits per heavy atom. The maximum absolute atomic E-state index is 9.37. The Hall–Kier alpha value is -3.62. The second kappa shape index (κ2) is 7.90. The van der Waals surface area contributed by atoms with Crippen molar-refractivity contribution in [2.24, 2.45) is 0 Å². The van der Waals surface area contributed by atoms with Crippen molar-refractivity contribution in [2.75, 3.05) is 0 Å². The zero-order valence-corrected chi connectivity index (χ0v) is 17.7. The van der Waals surface area contributed by atoms with Crippen molar-refractivity contribution in [2.45, 2.75) is 26.5 Å². The quantitative estimate of drug-likeness (QED) is 0.403. The van der Waals surface area contributed by atoms with Gasteiger partial charge in [0.1, 0.15) is 23.7 Å². The van der Waals surface area contributed by atoms with Crippen LogP contribution in [-0.4, -0.2) is 14.5 Å². The van der Waals surface area contributed by atoms with E-state index in [1.807, 2.05) is 24.3 Å². The fourth-order valence-electron chi connectivity index (χ4n) is 4.11. The molecule has 2 aromatic carbocycles. The average Bonchev–Trinajstić information content (AvgIpc) is 3.07. The number of imidazole rings is 1. The molecule has 0 unspecified atom stereocenters. The summed E-state index contributed by atoms with van der Waals surface area (Å²) in [6.45, 7) is 3.15. The second-order valence-corrected chi connectivity index (χ2v) is 7.80. The van der Waals surface area contributed by atoms with E-state index in [0.29, 0.717) is 18.2 Å². The smallest absolute Gasteiger partial charge is 0.161 e. The molecular weight excluding hydrogens is 408 g/mol. The predicted octanol–water partition coefficient (Wildman–Crippen LogP) is 5.54.